The Balaban J connectivity index is 1.51. The molecule has 1 aromatic heterocycles. The van der Waals surface area contributed by atoms with E-state index in [4.69, 9.17) is 4.42 Å². The molecule has 0 atom stereocenters. The first-order valence-electron chi connectivity index (χ1n) is 7.63. The highest BCUT2D eigenvalue weighted by Crippen LogP contribution is 2.37. The van der Waals surface area contributed by atoms with Gasteiger partial charge in [-0.2, -0.15) is 0 Å². The molecule has 0 aliphatic heterocycles. The molecule has 0 radical (unpaired) electrons. The molecule has 3 rings (SSSR count). The van der Waals surface area contributed by atoms with Crippen molar-refractivity contribution >= 4 is 16.9 Å². The second-order valence-corrected chi connectivity index (χ2v) is 6.03. The van der Waals surface area contributed by atoms with Crippen LogP contribution in [0.25, 0.3) is 11.0 Å². The molecule has 3 nitrogen and oxygen atoms in total. The molecular weight excluding hydrogens is 288 g/mol. The zero-order chi connectivity index (χ0) is 15.6. The van der Waals surface area contributed by atoms with E-state index in [-0.39, 0.29) is 24.7 Å². The van der Waals surface area contributed by atoms with Crippen molar-refractivity contribution in [2.45, 2.75) is 44.6 Å². The molecular formula is C17H19F2NO2. The number of benzene rings is 1. The molecule has 1 heterocycles. The Morgan fingerprint density at radius 3 is 2.82 bits per heavy atom. The van der Waals surface area contributed by atoms with Crippen LogP contribution in [0, 0.1) is 5.92 Å². The van der Waals surface area contributed by atoms with Crippen LogP contribution >= 0.6 is 0 Å². The van der Waals surface area contributed by atoms with Crippen LogP contribution < -0.4 is 5.32 Å². The third-order valence-electron chi connectivity index (χ3n) is 4.37. The van der Waals surface area contributed by atoms with E-state index in [0.29, 0.717) is 25.8 Å². The normalized spacial score (nSPS) is 18.5. The largest absolute Gasteiger partial charge is 0.464 e. The van der Waals surface area contributed by atoms with Crippen LogP contribution in [-0.4, -0.2) is 11.8 Å². The lowest BCUT2D eigenvalue weighted by Crippen LogP contribution is -2.29. The van der Waals surface area contributed by atoms with Crippen molar-refractivity contribution in [3.8, 4) is 0 Å². The first kappa shape index (κ1) is 15.0. The Hall–Kier alpha value is -1.91. The van der Waals surface area contributed by atoms with Crippen LogP contribution in [0.15, 0.2) is 34.9 Å². The number of halogens is 2. The molecule has 5 heteroatoms. The van der Waals surface area contributed by atoms with Gasteiger partial charge in [0.1, 0.15) is 5.58 Å². The summed E-state index contributed by atoms with van der Waals surface area (Å²) < 4.78 is 31.5. The van der Waals surface area contributed by atoms with Gasteiger partial charge in [0.15, 0.2) is 0 Å². The van der Waals surface area contributed by atoms with Gasteiger partial charge in [-0.3, -0.25) is 4.79 Å². The van der Waals surface area contributed by atoms with Gasteiger partial charge in [-0.1, -0.05) is 12.1 Å². The number of alkyl halides is 2. The van der Waals surface area contributed by atoms with E-state index in [2.05, 4.69) is 5.32 Å². The molecule has 1 saturated carbocycles. The first-order valence-corrected chi connectivity index (χ1v) is 7.63. The number of carbonyl (C=O) groups excluding carboxylic acids is 1. The van der Waals surface area contributed by atoms with Gasteiger partial charge in [0, 0.05) is 31.2 Å². The van der Waals surface area contributed by atoms with Gasteiger partial charge in [0.05, 0.1) is 6.26 Å². The number of fused-ring (bicyclic) bond motifs is 1. The summed E-state index contributed by atoms with van der Waals surface area (Å²) in [6.45, 7) is 0.429. The molecule has 118 valence electrons. The van der Waals surface area contributed by atoms with Crippen LogP contribution in [0.3, 0.4) is 0 Å². The molecule has 1 N–H and O–H groups in total. The van der Waals surface area contributed by atoms with E-state index in [1.165, 1.54) is 0 Å². The van der Waals surface area contributed by atoms with Gasteiger partial charge in [-0.15, -0.1) is 0 Å². The van der Waals surface area contributed by atoms with Gasteiger partial charge in [-0.25, -0.2) is 8.78 Å². The van der Waals surface area contributed by atoms with E-state index in [1.807, 2.05) is 24.3 Å². The standard InChI is InChI=1S/C17H19F2NO2/c18-17(19)7-4-12(5-8-17)10-16(21)20-11-13-2-1-3-15-14(13)6-9-22-15/h1-3,6,9,12H,4-5,7-8,10-11H2,(H,20,21). The van der Waals surface area contributed by atoms with E-state index >= 15 is 0 Å². The minimum Gasteiger partial charge on any atom is -0.464 e. The van der Waals surface area contributed by atoms with Crippen molar-refractivity contribution in [1.29, 1.82) is 0 Å². The lowest BCUT2D eigenvalue weighted by molar-refractivity contribution is -0.123. The van der Waals surface area contributed by atoms with E-state index in [9.17, 15) is 13.6 Å². The minimum atomic E-state index is -2.54. The predicted octanol–water partition coefficient (Wildman–Crippen LogP) is 4.26. The molecule has 1 fully saturated rings. The highest BCUT2D eigenvalue weighted by molar-refractivity contribution is 5.82. The van der Waals surface area contributed by atoms with E-state index in [0.717, 1.165) is 16.5 Å². The summed E-state index contributed by atoms with van der Waals surface area (Å²) in [6.07, 6.45) is 2.61. The van der Waals surface area contributed by atoms with Crippen LogP contribution in [0.1, 0.15) is 37.7 Å². The number of carbonyl (C=O) groups is 1. The Kier molecular flexibility index (Phi) is 4.14. The minimum absolute atomic E-state index is 0.0734. The van der Waals surface area contributed by atoms with Gasteiger partial charge in [0.25, 0.3) is 0 Å². The third kappa shape index (κ3) is 3.46. The monoisotopic (exact) mass is 307 g/mol. The molecule has 0 saturated heterocycles. The molecule has 1 amide bonds. The molecule has 0 bridgehead atoms. The van der Waals surface area contributed by atoms with Crippen molar-refractivity contribution < 1.29 is 18.0 Å². The number of nitrogens with one attached hydrogen (secondary N) is 1. The van der Waals surface area contributed by atoms with Gasteiger partial charge in [-0.05, 0) is 36.5 Å². The maximum absolute atomic E-state index is 13.1. The molecule has 1 aliphatic rings. The topological polar surface area (TPSA) is 42.2 Å². The molecule has 22 heavy (non-hydrogen) atoms. The van der Waals surface area contributed by atoms with Crippen LogP contribution in [0.2, 0.25) is 0 Å². The number of amides is 1. The third-order valence-corrected chi connectivity index (χ3v) is 4.37. The van der Waals surface area contributed by atoms with E-state index in [1.54, 1.807) is 6.26 Å². The lowest BCUT2D eigenvalue weighted by Gasteiger charge is -2.27. The highest BCUT2D eigenvalue weighted by atomic mass is 19.3. The summed E-state index contributed by atoms with van der Waals surface area (Å²) >= 11 is 0. The summed E-state index contributed by atoms with van der Waals surface area (Å²) in [5, 5.41) is 3.87. The summed E-state index contributed by atoms with van der Waals surface area (Å²) in [5.74, 6) is -2.54. The quantitative estimate of drug-likeness (QED) is 0.917. The second-order valence-electron chi connectivity index (χ2n) is 6.03. The number of hydrogen-bond donors (Lipinski definition) is 1. The molecule has 1 aromatic carbocycles. The van der Waals surface area contributed by atoms with Gasteiger partial charge < -0.3 is 9.73 Å². The summed E-state index contributed by atoms with van der Waals surface area (Å²) in [4.78, 5) is 12.0. The molecule has 2 aromatic rings. The number of furan rings is 1. The SMILES string of the molecule is O=C(CC1CCC(F)(F)CC1)NCc1cccc2occc12. The Morgan fingerprint density at radius 2 is 2.05 bits per heavy atom. The lowest BCUT2D eigenvalue weighted by atomic mass is 9.84. The zero-order valence-electron chi connectivity index (χ0n) is 12.3. The average molecular weight is 307 g/mol. The van der Waals surface area contributed by atoms with Gasteiger partial charge >= 0.3 is 0 Å². The fraction of sp³-hybridized carbons (Fsp3) is 0.471. The molecule has 1 aliphatic carbocycles. The van der Waals surface area contributed by atoms with Crippen molar-refractivity contribution in [2.24, 2.45) is 5.92 Å². The summed E-state index contributed by atoms with van der Waals surface area (Å²) in [5.41, 5.74) is 1.79. The second kappa shape index (κ2) is 6.07. The number of rotatable bonds is 4. The first-order chi connectivity index (χ1) is 10.5. The highest BCUT2D eigenvalue weighted by Gasteiger charge is 2.35. The van der Waals surface area contributed by atoms with Crippen molar-refractivity contribution in [1.82, 2.24) is 5.32 Å². The Morgan fingerprint density at radius 1 is 1.27 bits per heavy atom. The molecule has 0 spiro atoms. The predicted molar refractivity (Wildman–Crippen MR) is 79.6 cm³/mol. The fourth-order valence-electron chi connectivity index (χ4n) is 3.04. The summed E-state index contributed by atoms with van der Waals surface area (Å²) in [7, 11) is 0. The van der Waals surface area contributed by atoms with Crippen molar-refractivity contribution in [3.05, 3.63) is 36.1 Å². The Labute approximate surface area is 127 Å². The average Bonchev–Trinajstić information content (AvgIpc) is 2.96. The maximum atomic E-state index is 13.1. The number of hydrogen-bond acceptors (Lipinski definition) is 2. The maximum Gasteiger partial charge on any atom is 0.248 e. The van der Waals surface area contributed by atoms with Crippen LogP contribution in [0.4, 0.5) is 8.78 Å². The Bertz CT molecular complexity index is 655. The van der Waals surface area contributed by atoms with Gasteiger partial charge in [0.2, 0.25) is 11.8 Å². The van der Waals surface area contributed by atoms with Crippen molar-refractivity contribution in [2.75, 3.05) is 0 Å². The molecule has 0 unspecified atom stereocenters. The van der Waals surface area contributed by atoms with Crippen LogP contribution in [0.5, 0.6) is 0 Å². The van der Waals surface area contributed by atoms with Crippen LogP contribution in [-0.2, 0) is 11.3 Å². The van der Waals surface area contributed by atoms with E-state index < -0.39 is 5.92 Å². The smallest absolute Gasteiger partial charge is 0.248 e. The zero-order valence-corrected chi connectivity index (χ0v) is 12.3. The summed E-state index contributed by atoms with van der Waals surface area (Å²) in [6, 6.07) is 7.58. The fourth-order valence-corrected chi connectivity index (χ4v) is 3.04. The van der Waals surface area contributed by atoms with Crippen molar-refractivity contribution in [3.63, 3.8) is 0 Å².